The Morgan fingerprint density at radius 2 is 1.83 bits per heavy atom. The summed E-state index contributed by atoms with van der Waals surface area (Å²) in [5.41, 5.74) is 0. The molecule has 0 fully saturated rings. The van der Waals surface area contributed by atoms with Crippen LogP contribution in [0.2, 0.25) is 0 Å². The quantitative estimate of drug-likeness (QED) is 0.641. The summed E-state index contributed by atoms with van der Waals surface area (Å²) < 4.78 is 1.28. The van der Waals surface area contributed by atoms with Crippen molar-refractivity contribution in [2.24, 2.45) is 0 Å². The van der Waals surface area contributed by atoms with Gasteiger partial charge in [-0.25, -0.2) is 9.97 Å². The minimum atomic E-state index is -1.40. The van der Waals surface area contributed by atoms with E-state index in [1.807, 2.05) is 0 Å². The molecular weight excluding hydrogens is 241 g/mol. The molecular formula is C5H4Cl3N3S. The molecule has 66 valence electrons. The molecule has 0 saturated carbocycles. The smallest absolute Gasteiger partial charge is 0.256 e. The zero-order valence-electron chi connectivity index (χ0n) is 5.67. The maximum atomic E-state index is 5.46. The van der Waals surface area contributed by atoms with Crippen molar-refractivity contribution in [3.05, 3.63) is 18.5 Å². The van der Waals surface area contributed by atoms with Gasteiger partial charge in [-0.05, 0) is 6.07 Å². The van der Waals surface area contributed by atoms with E-state index in [0.717, 1.165) is 11.9 Å². The Bertz CT molecular complexity index is 237. The molecule has 0 spiro atoms. The van der Waals surface area contributed by atoms with E-state index in [1.54, 1.807) is 18.5 Å². The molecule has 1 N–H and O–H groups in total. The number of aromatic nitrogens is 2. The normalized spacial score (nSPS) is 11.2. The first-order chi connectivity index (χ1) is 5.58. The van der Waals surface area contributed by atoms with Gasteiger partial charge >= 0.3 is 0 Å². The van der Waals surface area contributed by atoms with Gasteiger partial charge in [0.15, 0.2) is 0 Å². The molecule has 0 aliphatic carbocycles. The Morgan fingerprint density at radius 3 is 2.33 bits per heavy atom. The Balaban J connectivity index is 2.44. The average molecular weight is 245 g/mol. The number of rotatable bonds is 2. The van der Waals surface area contributed by atoms with Crippen LogP contribution in [0.15, 0.2) is 18.5 Å². The van der Waals surface area contributed by atoms with E-state index >= 15 is 0 Å². The lowest BCUT2D eigenvalue weighted by Crippen LogP contribution is -2.02. The maximum Gasteiger partial charge on any atom is 0.256 e. The third kappa shape index (κ3) is 4.21. The zero-order chi connectivity index (χ0) is 9.03. The second-order valence-electron chi connectivity index (χ2n) is 1.72. The Kier molecular flexibility index (Phi) is 3.71. The summed E-state index contributed by atoms with van der Waals surface area (Å²) >= 11 is 17.3. The van der Waals surface area contributed by atoms with Gasteiger partial charge in [0.05, 0.1) is 0 Å². The van der Waals surface area contributed by atoms with Crippen LogP contribution in [0.25, 0.3) is 0 Å². The third-order valence-corrected chi connectivity index (χ3v) is 2.03. The van der Waals surface area contributed by atoms with E-state index in [-0.39, 0.29) is 0 Å². The van der Waals surface area contributed by atoms with E-state index in [1.165, 1.54) is 0 Å². The molecule has 0 aliphatic heterocycles. The predicted molar refractivity (Wildman–Crippen MR) is 53.5 cm³/mol. The van der Waals surface area contributed by atoms with Gasteiger partial charge in [-0.15, -0.1) is 0 Å². The van der Waals surface area contributed by atoms with Crippen LogP contribution in [0.1, 0.15) is 0 Å². The lowest BCUT2D eigenvalue weighted by molar-refractivity contribution is 1.19. The molecule has 0 saturated heterocycles. The van der Waals surface area contributed by atoms with E-state index in [2.05, 4.69) is 14.7 Å². The maximum absolute atomic E-state index is 5.46. The van der Waals surface area contributed by atoms with Crippen molar-refractivity contribution in [2.75, 3.05) is 4.72 Å². The summed E-state index contributed by atoms with van der Waals surface area (Å²) in [5, 5.41) is 0. The standard InChI is InChI=1S/C5H4Cl3N3S/c6-5(7,8)12-11-4-9-2-1-3-10-4/h1-3H,(H,9,10,11). The SMILES string of the molecule is ClC(Cl)(Cl)SNc1ncccn1. The summed E-state index contributed by atoms with van der Waals surface area (Å²) in [6.45, 7) is 0. The summed E-state index contributed by atoms with van der Waals surface area (Å²) in [6.07, 6.45) is 3.18. The molecule has 1 aromatic heterocycles. The number of hydrogen-bond donors (Lipinski definition) is 1. The third-order valence-electron chi connectivity index (χ3n) is 0.824. The predicted octanol–water partition coefficient (Wildman–Crippen LogP) is 2.86. The summed E-state index contributed by atoms with van der Waals surface area (Å²) in [4.78, 5) is 7.73. The molecule has 7 heteroatoms. The van der Waals surface area contributed by atoms with Crippen LogP contribution in [0.4, 0.5) is 5.95 Å². The Labute approximate surface area is 89.0 Å². The van der Waals surface area contributed by atoms with E-state index in [9.17, 15) is 0 Å². The molecule has 0 radical (unpaired) electrons. The topological polar surface area (TPSA) is 37.8 Å². The molecule has 0 aromatic carbocycles. The number of alkyl halides is 3. The van der Waals surface area contributed by atoms with Crippen LogP contribution in [0, 0.1) is 0 Å². The number of nitrogens with zero attached hydrogens (tertiary/aromatic N) is 2. The lowest BCUT2D eigenvalue weighted by Gasteiger charge is -2.09. The van der Waals surface area contributed by atoms with Crippen LogP contribution in [-0.2, 0) is 0 Å². The van der Waals surface area contributed by atoms with Gasteiger partial charge in [0, 0.05) is 24.3 Å². The number of hydrogen-bond acceptors (Lipinski definition) is 4. The van der Waals surface area contributed by atoms with Crippen molar-refractivity contribution in [3.8, 4) is 0 Å². The van der Waals surface area contributed by atoms with E-state index in [4.69, 9.17) is 34.8 Å². The Morgan fingerprint density at radius 1 is 1.25 bits per heavy atom. The summed E-state index contributed by atoms with van der Waals surface area (Å²) in [5.74, 6) is 0.411. The van der Waals surface area contributed by atoms with Crippen molar-refractivity contribution < 1.29 is 0 Å². The van der Waals surface area contributed by atoms with Gasteiger partial charge in [-0.3, -0.25) is 4.72 Å². The fraction of sp³-hybridized carbons (Fsp3) is 0.200. The first-order valence-electron chi connectivity index (χ1n) is 2.86. The van der Waals surface area contributed by atoms with Crippen LogP contribution in [0.5, 0.6) is 0 Å². The number of anilines is 1. The summed E-state index contributed by atoms with van der Waals surface area (Å²) in [7, 11) is 0. The first kappa shape index (κ1) is 10.2. The monoisotopic (exact) mass is 243 g/mol. The second-order valence-corrected chi connectivity index (χ2v) is 5.70. The zero-order valence-corrected chi connectivity index (χ0v) is 8.75. The highest BCUT2D eigenvalue weighted by atomic mass is 35.6. The number of nitrogens with one attached hydrogen (secondary N) is 1. The molecule has 1 aromatic rings. The summed E-state index contributed by atoms with van der Waals surface area (Å²) in [6, 6.07) is 1.70. The van der Waals surface area contributed by atoms with Crippen molar-refractivity contribution in [1.82, 2.24) is 9.97 Å². The van der Waals surface area contributed by atoms with Gasteiger partial charge in [0.25, 0.3) is 3.12 Å². The molecule has 0 unspecified atom stereocenters. The first-order valence-corrected chi connectivity index (χ1v) is 4.81. The molecule has 3 nitrogen and oxygen atoms in total. The van der Waals surface area contributed by atoms with Crippen LogP contribution in [0.3, 0.4) is 0 Å². The average Bonchev–Trinajstić information content (AvgIpc) is 2.02. The fourth-order valence-electron chi connectivity index (χ4n) is 0.455. The van der Waals surface area contributed by atoms with Crippen molar-refractivity contribution in [2.45, 2.75) is 3.12 Å². The van der Waals surface area contributed by atoms with Crippen molar-refractivity contribution in [1.29, 1.82) is 0 Å². The van der Waals surface area contributed by atoms with Gasteiger partial charge in [0.1, 0.15) is 0 Å². The Hall–Kier alpha value is 0.1000. The highest BCUT2D eigenvalue weighted by Crippen LogP contribution is 2.38. The molecule has 12 heavy (non-hydrogen) atoms. The van der Waals surface area contributed by atoms with Crippen LogP contribution >= 0.6 is 46.8 Å². The minimum absolute atomic E-state index is 0.411. The van der Waals surface area contributed by atoms with Crippen LogP contribution in [-0.4, -0.2) is 13.1 Å². The molecule has 1 rings (SSSR count). The van der Waals surface area contributed by atoms with Gasteiger partial charge in [-0.1, -0.05) is 34.8 Å². The van der Waals surface area contributed by atoms with Crippen molar-refractivity contribution >= 4 is 52.7 Å². The van der Waals surface area contributed by atoms with Crippen LogP contribution < -0.4 is 4.72 Å². The molecule has 0 bridgehead atoms. The van der Waals surface area contributed by atoms with Crippen molar-refractivity contribution in [3.63, 3.8) is 0 Å². The fourth-order valence-corrected chi connectivity index (χ4v) is 1.11. The molecule has 0 amide bonds. The molecule has 0 atom stereocenters. The highest BCUT2D eigenvalue weighted by Gasteiger charge is 2.20. The van der Waals surface area contributed by atoms with E-state index < -0.39 is 3.12 Å². The molecule has 1 heterocycles. The minimum Gasteiger partial charge on any atom is -0.295 e. The van der Waals surface area contributed by atoms with Gasteiger partial charge in [-0.2, -0.15) is 0 Å². The van der Waals surface area contributed by atoms with Gasteiger partial charge < -0.3 is 0 Å². The molecule has 0 aliphatic rings. The van der Waals surface area contributed by atoms with E-state index in [0.29, 0.717) is 5.95 Å². The second kappa shape index (κ2) is 4.37. The highest BCUT2D eigenvalue weighted by molar-refractivity contribution is 8.05. The van der Waals surface area contributed by atoms with Gasteiger partial charge in [0.2, 0.25) is 5.95 Å². The lowest BCUT2D eigenvalue weighted by atomic mass is 10.7. The number of halogens is 3. The largest absolute Gasteiger partial charge is 0.295 e.